The second-order valence-electron chi connectivity index (χ2n) is 13.1. The van der Waals surface area contributed by atoms with E-state index in [-0.39, 0.29) is 5.56 Å². The molecule has 0 spiro atoms. The highest BCUT2D eigenvalue weighted by Gasteiger charge is 2.26. The van der Waals surface area contributed by atoms with Crippen LogP contribution in [0, 0.1) is 41.3 Å². The quantitative estimate of drug-likeness (QED) is 0.162. The average molecular weight is 660 g/mol. The lowest BCUT2D eigenvalue weighted by Gasteiger charge is -2.33. The van der Waals surface area contributed by atoms with E-state index in [1.165, 1.54) is 18.3 Å². The number of benzene rings is 2. The summed E-state index contributed by atoms with van der Waals surface area (Å²) in [5.74, 6) is 4.97. The van der Waals surface area contributed by atoms with Crippen LogP contribution < -0.4 is 10.6 Å². The largest absolute Gasteiger partial charge is 0.382 e. The number of fused-ring (bicyclic) bond motifs is 1. The number of nitriles is 1. The van der Waals surface area contributed by atoms with Crippen molar-refractivity contribution in [3.05, 3.63) is 106 Å². The first kappa shape index (κ1) is 34.8. The predicted octanol–water partition coefficient (Wildman–Crippen LogP) is 5.45. The minimum atomic E-state index is -0.791. The van der Waals surface area contributed by atoms with Crippen LogP contribution in [0.15, 0.2) is 66.8 Å². The van der Waals surface area contributed by atoms with Gasteiger partial charge in [-0.2, -0.15) is 5.26 Å². The van der Waals surface area contributed by atoms with Crippen molar-refractivity contribution in [3.63, 3.8) is 0 Å². The molecule has 5 rings (SSSR count). The Bertz CT molecular complexity index is 2020. The number of allylic oxidation sites excluding steroid dienone is 1. The average Bonchev–Trinajstić information content (AvgIpc) is 3.49. The number of pyridine rings is 1. The van der Waals surface area contributed by atoms with Crippen LogP contribution in [0.4, 0.5) is 15.8 Å². The lowest BCUT2D eigenvalue weighted by molar-refractivity contribution is 0.102. The Morgan fingerprint density at radius 1 is 1.12 bits per heavy atom. The number of carbonyl (C=O) groups is 1. The van der Waals surface area contributed by atoms with E-state index in [4.69, 9.17) is 5.41 Å². The Kier molecular flexibility index (Phi) is 10.5. The Labute approximate surface area is 287 Å². The third-order valence-corrected chi connectivity index (χ3v) is 8.56. The fraction of sp³-hybridized carbons (Fsp3) is 0.316. The van der Waals surface area contributed by atoms with Gasteiger partial charge in [-0.25, -0.2) is 9.37 Å². The number of hydrogen-bond acceptors (Lipinski definition) is 8. The summed E-state index contributed by atoms with van der Waals surface area (Å²) in [5, 5.41) is 23.8. The van der Waals surface area contributed by atoms with Crippen LogP contribution in [0.3, 0.4) is 0 Å². The molecule has 1 fully saturated rings. The molecule has 49 heavy (non-hydrogen) atoms. The molecular formula is C38H42FN9O. The first-order valence-electron chi connectivity index (χ1n) is 16.1. The van der Waals surface area contributed by atoms with E-state index in [9.17, 15) is 10.1 Å². The van der Waals surface area contributed by atoms with Gasteiger partial charge in [0.2, 0.25) is 0 Å². The molecule has 2 aromatic carbocycles. The number of hydrogen-bond donors (Lipinski definition) is 3. The van der Waals surface area contributed by atoms with Gasteiger partial charge in [-0.05, 0) is 86.8 Å². The molecule has 1 saturated heterocycles. The molecular weight excluding hydrogens is 617 g/mol. The number of amides is 1. The van der Waals surface area contributed by atoms with Gasteiger partial charge in [-0.3, -0.25) is 14.1 Å². The molecule has 4 aromatic rings. The molecule has 10 nitrogen and oxygen atoms in total. The molecule has 3 N–H and O–H groups in total. The molecule has 1 aliphatic rings. The van der Waals surface area contributed by atoms with Gasteiger partial charge in [0, 0.05) is 76.7 Å². The zero-order valence-electron chi connectivity index (χ0n) is 28.9. The summed E-state index contributed by atoms with van der Waals surface area (Å²) in [4.78, 5) is 24.5. The lowest BCUT2D eigenvalue weighted by Crippen LogP contribution is -2.44. The summed E-state index contributed by atoms with van der Waals surface area (Å²) in [6.45, 7) is 10.0. The summed E-state index contributed by atoms with van der Waals surface area (Å²) in [6, 6.07) is 14.5. The van der Waals surface area contributed by atoms with Crippen LogP contribution in [-0.2, 0) is 12.0 Å². The van der Waals surface area contributed by atoms with E-state index >= 15 is 4.39 Å². The van der Waals surface area contributed by atoms with Crippen LogP contribution in [0.5, 0.6) is 0 Å². The number of aromatic nitrogens is 2. The van der Waals surface area contributed by atoms with Crippen molar-refractivity contribution in [1.82, 2.24) is 24.1 Å². The normalized spacial score (nSPS) is 14.1. The predicted molar refractivity (Wildman–Crippen MR) is 192 cm³/mol. The van der Waals surface area contributed by atoms with Gasteiger partial charge < -0.3 is 25.8 Å². The third kappa shape index (κ3) is 8.15. The van der Waals surface area contributed by atoms with Crippen molar-refractivity contribution in [3.8, 4) is 17.9 Å². The Balaban J connectivity index is 1.39. The number of halogens is 1. The number of nitrogens with zero attached hydrogens (tertiary/aromatic N) is 6. The van der Waals surface area contributed by atoms with Gasteiger partial charge >= 0.3 is 0 Å². The summed E-state index contributed by atoms with van der Waals surface area (Å²) in [7, 11) is 5.87. The van der Waals surface area contributed by atoms with E-state index in [1.807, 2.05) is 73.8 Å². The SMILES string of the molecule is Cc1cc(F)c(C(=O)Nc2ccc(CN3CCN(C)CC3)c(C(C)(C)C#N)c2)cc1C#Cc1cnc2c(N/C(C=N)=C/N(C)C)cccn12. The molecule has 2 aromatic heterocycles. The second-order valence-corrected chi connectivity index (χ2v) is 13.1. The molecule has 3 heterocycles. The minimum absolute atomic E-state index is 0.131. The van der Waals surface area contributed by atoms with Gasteiger partial charge in [0.05, 0.1) is 34.6 Å². The van der Waals surface area contributed by atoms with Crippen molar-refractivity contribution in [2.24, 2.45) is 0 Å². The highest BCUT2D eigenvalue weighted by molar-refractivity contribution is 6.04. The zero-order chi connectivity index (χ0) is 35.3. The maximum atomic E-state index is 15.2. The van der Waals surface area contributed by atoms with Gasteiger partial charge in [0.1, 0.15) is 11.5 Å². The number of likely N-dealkylation sites (N-methyl/N-ethyl adjacent to an activating group) is 1. The van der Waals surface area contributed by atoms with E-state index in [0.29, 0.717) is 46.1 Å². The van der Waals surface area contributed by atoms with Crippen molar-refractivity contribution in [2.45, 2.75) is 32.7 Å². The molecule has 0 unspecified atom stereocenters. The molecule has 1 aliphatic heterocycles. The Morgan fingerprint density at radius 3 is 2.57 bits per heavy atom. The van der Waals surface area contributed by atoms with E-state index in [1.54, 1.807) is 19.3 Å². The number of aryl methyl sites for hydroxylation is 1. The molecule has 0 bridgehead atoms. The van der Waals surface area contributed by atoms with Crippen LogP contribution in [0.2, 0.25) is 0 Å². The first-order chi connectivity index (χ1) is 23.4. The molecule has 0 aliphatic carbocycles. The number of imidazole rings is 1. The molecule has 0 atom stereocenters. The van der Waals surface area contributed by atoms with Gasteiger partial charge in [0.25, 0.3) is 5.91 Å². The number of piperazine rings is 1. The third-order valence-electron chi connectivity index (χ3n) is 8.56. The van der Waals surface area contributed by atoms with Crippen LogP contribution >= 0.6 is 0 Å². The first-order valence-corrected chi connectivity index (χ1v) is 16.1. The van der Waals surface area contributed by atoms with Crippen molar-refractivity contribution >= 4 is 29.1 Å². The summed E-state index contributed by atoms with van der Waals surface area (Å²) >= 11 is 0. The highest BCUT2D eigenvalue weighted by atomic mass is 19.1. The van der Waals surface area contributed by atoms with Crippen LogP contribution in [0.1, 0.15) is 52.2 Å². The Hall–Kier alpha value is -5.49. The van der Waals surface area contributed by atoms with Crippen molar-refractivity contribution in [1.29, 1.82) is 10.7 Å². The van der Waals surface area contributed by atoms with Crippen molar-refractivity contribution < 1.29 is 9.18 Å². The van der Waals surface area contributed by atoms with Gasteiger partial charge in [-0.1, -0.05) is 12.0 Å². The smallest absolute Gasteiger partial charge is 0.258 e. The second kappa shape index (κ2) is 14.7. The lowest BCUT2D eigenvalue weighted by atomic mass is 9.82. The summed E-state index contributed by atoms with van der Waals surface area (Å²) in [6.07, 6.45) is 6.51. The number of rotatable bonds is 9. The topological polar surface area (TPSA) is 116 Å². The van der Waals surface area contributed by atoms with E-state index in [0.717, 1.165) is 37.3 Å². The maximum Gasteiger partial charge on any atom is 0.258 e. The highest BCUT2D eigenvalue weighted by Crippen LogP contribution is 2.30. The summed E-state index contributed by atoms with van der Waals surface area (Å²) in [5.41, 5.74) is 5.05. The van der Waals surface area contributed by atoms with E-state index in [2.05, 4.69) is 50.4 Å². The zero-order valence-corrected chi connectivity index (χ0v) is 28.9. The van der Waals surface area contributed by atoms with Gasteiger partial charge in [-0.15, -0.1) is 0 Å². The molecule has 252 valence electrons. The molecule has 0 saturated carbocycles. The molecule has 1 amide bonds. The molecule has 0 radical (unpaired) electrons. The van der Waals surface area contributed by atoms with Crippen molar-refractivity contribution in [2.75, 3.05) is 58.0 Å². The number of carbonyl (C=O) groups excluding carboxylic acids is 1. The van der Waals surface area contributed by atoms with E-state index < -0.39 is 17.1 Å². The molecule has 11 heteroatoms. The monoisotopic (exact) mass is 659 g/mol. The Morgan fingerprint density at radius 2 is 1.88 bits per heavy atom. The number of nitrogens with one attached hydrogen (secondary N) is 3. The minimum Gasteiger partial charge on any atom is -0.382 e. The van der Waals surface area contributed by atoms with Gasteiger partial charge in [0.15, 0.2) is 5.65 Å². The fourth-order valence-corrected chi connectivity index (χ4v) is 5.73. The number of anilines is 2. The summed E-state index contributed by atoms with van der Waals surface area (Å²) < 4.78 is 17.1. The standard InChI is InChI=1S/C38H42FN9O/c1-26-18-34(39)32(19-27(26)10-12-31-22-42-36-35(8-7-13-48(31)36)43-30(21-40)24-45(4)5)37(49)44-29-11-9-28(33(20-29)38(2,3)25-41)23-47-16-14-46(6)15-17-47/h7-9,11,13,18-22,24,40,43H,14-17,23H2,1-6H3,(H,44,49)/b30-24+,40-21?. The maximum absolute atomic E-state index is 15.2. The van der Waals surface area contributed by atoms with Crippen LogP contribution in [-0.4, -0.2) is 83.5 Å². The van der Waals surface area contributed by atoms with Crippen LogP contribution in [0.25, 0.3) is 5.65 Å². The fourth-order valence-electron chi connectivity index (χ4n) is 5.73.